The van der Waals surface area contributed by atoms with Crippen molar-refractivity contribution in [1.29, 1.82) is 0 Å². The first-order valence-corrected chi connectivity index (χ1v) is 11.9. The quantitative estimate of drug-likeness (QED) is 0.368. The number of nitrogens with zero attached hydrogens (tertiary/aromatic N) is 3. The van der Waals surface area contributed by atoms with Gasteiger partial charge >= 0.3 is 0 Å². The van der Waals surface area contributed by atoms with Crippen LogP contribution in [0.15, 0.2) is 60.8 Å². The standard InChI is InChI=1S/C27H36N4O4/c1-20(2)16-17-25(32)31(30(19-21(3)4)27(34)23-14-8-9-18-28-23)24(26(33)29-35)15-10-13-22-11-6-5-7-12-22/h5-14,18,20-21,24,35H,15-17,19H2,1-4H3,(H,29,33)/t24-/m0/s1. The molecule has 8 heteroatoms. The SMILES string of the molecule is CC(C)CCC(=O)N([C@@H](CC=Cc1ccccc1)C(=O)NO)N(CC(C)C)C(=O)c1ccccn1. The van der Waals surface area contributed by atoms with Gasteiger partial charge in [0.1, 0.15) is 11.7 Å². The third-order valence-corrected chi connectivity index (χ3v) is 5.28. The summed E-state index contributed by atoms with van der Waals surface area (Å²) in [5, 5.41) is 12.0. The third-order valence-electron chi connectivity index (χ3n) is 5.28. The molecule has 0 unspecified atom stereocenters. The van der Waals surface area contributed by atoms with E-state index in [-0.39, 0.29) is 42.8 Å². The number of amides is 3. The average Bonchev–Trinajstić information content (AvgIpc) is 2.86. The van der Waals surface area contributed by atoms with Gasteiger partial charge < -0.3 is 0 Å². The number of carbonyl (C=O) groups excluding carboxylic acids is 3. The molecule has 0 bridgehead atoms. The van der Waals surface area contributed by atoms with E-state index in [1.165, 1.54) is 16.2 Å². The Morgan fingerprint density at radius 2 is 1.69 bits per heavy atom. The Morgan fingerprint density at radius 3 is 2.26 bits per heavy atom. The second-order valence-corrected chi connectivity index (χ2v) is 9.21. The van der Waals surface area contributed by atoms with Crippen LogP contribution in [0.25, 0.3) is 6.08 Å². The van der Waals surface area contributed by atoms with Crippen LogP contribution in [-0.4, -0.2) is 50.5 Å². The minimum absolute atomic E-state index is 0.000703. The summed E-state index contributed by atoms with van der Waals surface area (Å²) in [6, 6.07) is 13.4. The van der Waals surface area contributed by atoms with Gasteiger partial charge in [-0.3, -0.25) is 24.6 Å². The number of hydrogen-bond acceptors (Lipinski definition) is 5. The molecule has 0 aliphatic rings. The molecule has 35 heavy (non-hydrogen) atoms. The van der Waals surface area contributed by atoms with Gasteiger partial charge in [-0.1, -0.05) is 76.2 Å². The van der Waals surface area contributed by atoms with E-state index in [0.717, 1.165) is 5.56 Å². The molecule has 0 aliphatic carbocycles. The van der Waals surface area contributed by atoms with E-state index in [2.05, 4.69) is 4.98 Å². The Labute approximate surface area is 207 Å². The van der Waals surface area contributed by atoms with Crippen molar-refractivity contribution in [1.82, 2.24) is 20.5 Å². The molecule has 188 valence electrons. The van der Waals surface area contributed by atoms with Gasteiger partial charge in [-0.25, -0.2) is 15.5 Å². The van der Waals surface area contributed by atoms with Gasteiger partial charge in [0.15, 0.2) is 0 Å². The Hall–Kier alpha value is -3.52. The van der Waals surface area contributed by atoms with Gasteiger partial charge in [0, 0.05) is 19.2 Å². The molecule has 0 radical (unpaired) electrons. The first kappa shape index (κ1) is 27.7. The fourth-order valence-corrected chi connectivity index (χ4v) is 3.53. The summed E-state index contributed by atoms with van der Waals surface area (Å²) in [4.78, 5) is 44.1. The van der Waals surface area contributed by atoms with Crippen molar-refractivity contribution in [3.05, 3.63) is 72.1 Å². The zero-order valence-electron chi connectivity index (χ0n) is 20.9. The molecule has 8 nitrogen and oxygen atoms in total. The van der Waals surface area contributed by atoms with Gasteiger partial charge in [-0.15, -0.1) is 0 Å². The maximum absolute atomic E-state index is 13.5. The van der Waals surface area contributed by atoms with Crippen LogP contribution in [0.3, 0.4) is 0 Å². The Morgan fingerprint density at radius 1 is 1.00 bits per heavy atom. The topological polar surface area (TPSA) is 103 Å². The average molecular weight is 481 g/mol. The van der Waals surface area contributed by atoms with Crippen LogP contribution in [-0.2, 0) is 9.59 Å². The highest BCUT2D eigenvalue weighted by Crippen LogP contribution is 2.19. The van der Waals surface area contributed by atoms with Crippen molar-refractivity contribution in [2.45, 2.75) is 53.0 Å². The lowest BCUT2D eigenvalue weighted by atomic mass is 10.1. The molecule has 1 aromatic carbocycles. The molecule has 0 saturated carbocycles. The summed E-state index contributed by atoms with van der Waals surface area (Å²) in [6.45, 7) is 8.05. The van der Waals surface area contributed by atoms with E-state index in [4.69, 9.17) is 0 Å². The summed E-state index contributed by atoms with van der Waals surface area (Å²) in [5.74, 6) is -1.37. The molecule has 1 heterocycles. The van der Waals surface area contributed by atoms with E-state index in [1.807, 2.05) is 64.1 Å². The first-order valence-electron chi connectivity index (χ1n) is 11.9. The number of nitrogens with one attached hydrogen (secondary N) is 1. The minimum atomic E-state index is -1.13. The number of hydroxylamine groups is 1. The van der Waals surface area contributed by atoms with E-state index < -0.39 is 17.9 Å². The normalized spacial score (nSPS) is 12.1. The highest BCUT2D eigenvalue weighted by molar-refractivity contribution is 5.95. The van der Waals surface area contributed by atoms with Crippen LogP contribution in [0.1, 0.15) is 63.0 Å². The highest BCUT2D eigenvalue weighted by Gasteiger charge is 2.37. The predicted octanol–water partition coefficient (Wildman–Crippen LogP) is 4.34. The predicted molar refractivity (Wildman–Crippen MR) is 135 cm³/mol. The number of pyridine rings is 1. The molecule has 2 aromatic rings. The van der Waals surface area contributed by atoms with Gasteiger partial charge in [-0.05, 0) is 42.4 Å². The number of hydrogen-bond donors (Lipinski definition) is 2. The summed E-state index contributed by atoms with van der Waals surface area (Å²) in [7, 11) is 0. The van der Waals surface area contributed by atoms with Crippen molar-refractivity contribution in [3.8, 4) is 0 Å². The molecular weight excluding hydrogens is 444 g/mol. The largest absolute Gasteiger partial charge is 0.291 e. The van der Waals surface area contributed by atoms with E-state index in [1.54, 1.807) is 29.8 Å². The maximum atomic E-state index is 13.5. The minimum Gasteiger partial charge on any atom is -0.289 e. The lowest BCUT2D eigenvalue weighted by molar-refractivity contribution is -0.160. The first-order chi connectivity index (χ1) is 16.7. The van der Waals surface area contributed by atoms with Crippen LogP contribution >= 0.6 is 0 Å². The number of carbonyl (C=O) groups is 3. The zero-order valence-corrected chi connectivity index (χ0v) is 20.9. The molecule has 0 saturated heterocycles. The zero-order chi connectivity index (χ0) is 25.8. The van der Waals surface area contributed by atoms with Gasteiger partial charge in [0.05, 0.1) is 0 Å². The van der Waals surface area contributed by atoms with E-state index in [0.29, 0.717) is 6.42 Å². The molecule has 2 rings (SSSR count). The number of hydrazine groups is 1. The Balaban J connectivity index is 2.49. The fraction of sp³-hybridized carbons (Fsp3) is 0.407. The van der Waals surface area contributed by atoms with Crippen LogP contribution < -0.4 is 5.48 Å². The molecular formula is C27H36N4O4. The molecule has 1 atom stereocenters. The van der Waals surface area contributed by atoms with Crippen molar-refractivity contribution < 1.29 is 19.6 Å². The fourth-order valence-electron chi connectivity index (χ4n) is 3.53. The Kier molecular flexibility index (Phi) is 11.1. The van der Waals surface area contributed by atoms with Crippen molar-refractivity contribution in [3.63, 3.8) is 0 Å². The third kappa shape index (κ3) is 8.64. The number of aromatic nitrogens is 1. The van der Waals surface area contributed by atoms with E-state index >= 15 is 0 Å². The molecule has 1 aromatic heterocycles. The maximum Gasteiger partial charge on any atom is 0.291 e. The smallest absolute Gasteiger partial charge is 0.289 e. The van der Waals surface area contributed by atoms with Crippen molar-refractivity contribution in [2.75, 3.05) is 6.54 Å². The lowest BCUT2D eigenvalue weighted by Crippen LogP contribution is -2.59. The number of rotatable bonds is 11. The van der Waals surface area contributed by atoms with Crippen LogP contribution in [0, 0.1) is 11.8 Å². The van der Waals surface area contributed by atoms with Crippen LogP contribution in [0.2, 0.25) is 0 Å². The Bertz CT molecular complexity index is 977. The van der Waals surface area contributed by atoms with Crippen LogP contribution in [0.4, 0.5) is 0 Å². The second-order valence-electron chi connectivity index (χ2n) is 9.21. The van der Waals surface area contributed by atoms with E-state index in [9.17, 15) is 19.6 Å². The number of benzene rings is 1. The van der Waals surface area contributed by atoms with Gasteiger partial charge in [0.25, 0.3) is 11.8 Å². The summed E-state index contributed by atoms with van der Waals surface area (Å²) in [6.07, 6.45) is 5.94. The van der Waals surface area contributed by atoms with Crippen molar-refractivity contribution in [2.24, 2.45) is 11.8 Å². The summed E-state index contributed by atoms with van der Waals surface area (Å²) in [5.41, 5.74) is 2.77. The summed E-state index contributed by atoms with van der Waals surface area (Å²) >= 11 is 0. The molecule has 0 spiro atoms. The van der Waals surface area contributed by atoms with Crippen LogP contribution in [0.5, 0.6) is 0 Å². The molecule has 0 aliphatic heterocycles. The van der Waals surface area contributed by atoms with Gasteiger partial charge in [-0.2, -0.15) is 0 Å². The molecule has 3 amide bonds. The molecule has 2 N–H and O–H groups in total. The van der Waals surface area contributed by atoms with Gasteiger partial charge in [0.2, 0.25) is 5.91 Å². The highest BCUT2D eigenvalue weighted by atomic mass is 16.5. The monoisotopic (exact) mass is 480 g/mol. The lowest BCUT2D eigenvalue weighted by Gasteiger charge is -2.40. The second kappa shape index (κ2) is 14.0. The molecule has 0 fully saturated rings. The van der Waals surface area contributed by atoms with Crippen molar-refractivity contribution >= 4 is 23.8 Å². The summed E-state index contributed by atoms with van der Waals surface area (Å²) < 4.78 is 0.